The van der Waals surface area contributed by atoms with Gasteiger partial charge < -0.3 is 29.2 Å². The molecule has 0 spiro atoms. The van der Waals surface area contributed by atoms with Gasteiger partial charge in [0.05, 0.1) is 37.4 Å². The van der Waals surface area contributed by atoms with Crippen LogP contribution in [0.25, 0.3) is 0 Å². The second-order valence-electron chi connectivity index (χ2n) is 5.62. The van der Waals surface area contributed by atoms with Crippen LogP contribution in [0.3, 0.4) is 0 Å². The van der Waals surface area contributed by atoms with Crippen LogP contribution in [0.15, 0.2) is 35.8 Å². The van der Waals surface area contributed by atoms with Crippen LogP contribution in [-0.4, -0.2) is 66.9 Å². The molecule has 0 amide bonds. The Hall–Kier alpha value is -2.76. The quantitative estimate of drug-likeness (QED) is 0.104. The van der Waals surface area contributed by atoms with Crippen molar-refractivity contribution in [2.24, 2.45) is 0 Å². The lowest BCUT2D eigenvalue weighted by atomic mass is 10.1. The van der Waals surface area contributed by atoms with E-state index >= 15 is 0 Å². The standard InChI is InChI=1S/C18H27NO10/c1-5-13(26-3)9-14(19(24)25)12(2)11-28-16(21)8-6-7-15(18(23)27-4)29-17(22)10-20/h5,9,15,17,20,22H,2,6-8,10-11H2,1,3-4H3/b13-5-,14-9+. The van der Waals surface area contributed by atoms with E-state index in [4.69, 9.17) is 19.3 Å². The van der Waals surface area contributed by atoms with Crippen LogP contribution in [0, 0.1) is 10.1 Å². The number of hydrogen-bond acceptors (Lipinski definition) is 10. The van der Waals surface area contributed by atoms with Gasteiger partial charge in [0.2, 0.25) is 0 Å². The number of methoxy groups -OCH3 is 2. The SMILES string of the molecule is C=C(COC(=O)CCCC(OC(O)CO)C(=O)OC)/C(=C\C(=C\C)OC)[N+](=O)[O-]. The molecule has 2 atom stereocenters. The first-order valence-corrected chi connectivity index (χ1v) is 8.62. The van der Waals surface area contributed by atoms with E-state index in [2.05, 4.69) is 11.3 Å². The predicted octanol–water partition coefficient (Wildman–Crippen LogP) is 0.836. The van der Waals surface area contributed by atoms with E-state index in [1.165, 1.54) is 19.3 Å². The summed E-state index contributed by atoms with van der Waals surface area (Å²) in [5, 5.41) is 29.2. The minimum atomic E-state index is -1.56. The fourth-order valence-corrected chi connectivity index (χ4v) is 2.03. The molecule has 0 aromatic rings. The maximum Gasteiger partial charge on any atom is 0.335 e. The Labute approximate surface area is 168 Å². The van der Waals surface area contributed by atoms with Gasteiger partial charge in [0.25, 0.3) is 5.70 Å². The topological polar surface area (TPSA) is 155 Å². The molecule has 0 heterocycles. The van der Waals surface area contributed by atoms with Crippen LogP contribution in [0.4, 0.5) is 0 Å². The highest BCUT2D eigenvalue weighted by molar-refractivity contribution is 5.74. The Bertz CT molecular complexity index is 641. The monoisotopic (exact) mass is 417 g/mol. The van der Waals surface area contributed by atoms with Crippen LogP contribution in [0.5, 0.6) is 0 Å². The Morgan fingerprint density at radius 1 is 1.28 bits per heavy atom. The fourth-order valence-electron chi connectivity index (χ4n) is 2.03. The molecule has 0 aromatic carbocycles. The third-order valence-electron chi connectivity index (χ3n) is 3.55. The van der Waals surface area contributed by atoms with E-state index in [0.717, 1.165) is 7.11 Å². The second-order valence-corrected chi connectivity index (χ2v) is 5.62. The van der Waals surface area contributed by atoms with Crippen LogP contribution >= 0.6 is 0 Å². The number of nitrogens with zero attached hydrogens (tertiary/aromatic N) is 1. The third-order valence-corrected chi connectivity index (χ3v) is 3.55. The van der Waals surface area contributed by atoms with E-state index in [1.54, 1.807) is 6.92 Å². The number of carbonyl (C=O) groups is 2. The highest BCUT2D eigenvalue weighted by atomic mass is 16.6. The average Bonchev–Trinajstić information content (AvgIpc) is 2.70. The summed E-state index contributed by atoms with van der Waals surface area (Å²) in [6.45, 7) is 4.09. The normalized spacial score (nSPS) is 14.0. The van der Waals surface area contributed by atoms with Gasteiger partial charge in [-0.05, 0) is 25.8 Å². The minimum Gasteiger partial charge on any atom is -0.497 e. The summed E-state index contributed by atoms with van der Waals surface area (Å²) in [5.74, 6) is -1.18. The van der Waals surface area contributed by atoms with Gasteiger partial charge in [0.15, 0.2) is 12.4 Å². The van der Waals surface area contributed by atoms with Crippen molar-refractivity contribution < 1.29 is 43.7 Å². The van der Waals surface area contributed by atoms with Crippen molar-refractivity contribution in [3.63, 3.8) is 0 Å². The van der Waals surface area contributed by atoms with Gasteiger partial charge in [0, 0.05) is 6.42 Å². The van der Waals surface area contributed by atoms with Gasteiger partial charge in [-0.25, -0.2) is 4.79 Å². The molecule has 0 aliphatic carbocycles. The Morgan fingerprint density at radius 3 is 2.41 bits per heavy atom. The summed E-state index contributed by atoms with van der Waals surface area (Å²) in [6.07, 6.45) is 0.0242. The summed E-state index contributed by atoms with van der Waals surface area (Å²) in [6, 6.07) is 0. The lowest BCUT2D eigenvalue weighted by Crippen LogP contribution is -2.32. The molecule has 29 heavy (non-hydrogen) atoms. The van der Waals surface area contributed by atoms with Gasteiger partial charge in [-0.2, -0.15) is 0 Å². The van der Waals surface area contributed by atoms with Crippen molar-refractivity contribution in [2.75, 3.05) is 27.4 Å². The number of esters is 2. The van der Waals surface area contributed by atoms with Crippen molar-refractivity contribution in [2.45, 2.75) is 38.6 Å². The van der Waals surface area contributed by atoms with Crippen molar-refractivity contribution in [3.8, 4) is 0 Å². The van der Waals surface area contributed by atoms with Gasteiger partial charge in [-0.15, -0.1) is 0 Å². The molecular weight excluding hydrogens is 390 g/mol. The van der Waals surface area contributed by atoms with Crippen LogP contribution in [-0.2, 0) is 28.5 Å². The molecule has 0 rings (SSSR count). The van der Waals surface area contributed by atoms with Crippen LogP contribution in [0.2, 0.25) is 0 Å². The number of carbonyl (C=O) groups excluding carboxylic acids is 2. The second kappa shape index (κ2) is 14.3. The molecule has 11 nitrogen and oxygen atoms in total. The Kier molecular flexibility index (Phi) is 12.9. The number of rotatable bonds is 14. The third kappa shape index (κ3) is 10.4. The summed E-state index contributed by atoms with van der Waals surface area (Å²) >= 11 is 0. The minimum absolute atomic E-state index is 0.0261. The zero-order valence-corrected chi connectivity index (χ0v) is 16.7. The molecule has 0 fully saturated rings. The Morgan fingerprint density at radius 2 is 1.93 bits per heavy atom. The molecule has 0 radical (unpaired) electrons. The van der Waals surface area contributed by atoms with Crippen LogP contribution in [0.1, 0.15) is 26.2 Å². The molecule has 164 valence electrons. The van der Waals surface area contributed by atoms with E-state index in [0.29, 0.717) is 0 Å². The highest BCUT2D eigenvalue weighted by Crippen LogP contribution is 2.14. The van der Waals surface area contributed by atoms with E-state index < -0.39 is 42.5 Å². The fraction of sp³-hybridized carbons (Fsp3) is 0.556. The number of aliphatic hydroxyl groups excluding tert-OH is 2. The van der Waals surface area contributed by atoms with Crippen molar-refractivity contribution in [3.05, 3.63) is 45.9 Å². The van der Waals surface area contributed by atoms with E-state index in [1.807, 2.05) is 0 Å². The maximum absolute atomic E-state index is 11.8. The molecule has 0 saturated heterocycles. The van der Waals surface area contributed by atoms with Gasteiger partial charge in [-0.1, -0.05) is 6.58 Å². The van der Waals surface area contributed by atoms with Crippen molar-refractivity contribution in [1.82, 2.24) is 0 Å². The zero-order chi connectivity index (χ0) is 22.4. The molecule has 11 heteroatoms. The van der Waals surface area contributed by atoms with Gasteiger partial charge >= 0.3 is 11.9 Å². The summed E-state index contributed by atoms with van der Waals surface area (Å²) in [5.41, 5.74) is -0.383. The Balaban J connectivity index is 4.65. The smallest absolute Gasteiger partial charge is 0.335 e. The first-order valence-electron chi connectivity index (χ1n) is 8.62. The van der Waals surface area contributed by atoms with Crippen molar-refractivity contribution in [1.29, 1.82) is 0 Å². The first-order chi connectivity index (χ1) is 13.7. The maximum atomic E-state index is 11.8. The van der Waals surface area contributed by atoms with Crippen molar-refractivity contribution >= 4 is 11.9 Å². The largest absolute Gasteiger partial charge is 0.497 e. The lowest BCUT2D eigenvalue weighted by Gasteiger charge is -2.18. The zero-order valence-electron chi connectivity index (χ0n) is 16.7. The molecular formula is C18H27NO10. The lowest BCUT2D eigenvalue weighted by molar-refractivity contribution is -0.421. The summed E-state index contributed by atoms with van der Waals surface area (Å²) in [4.78, 5) is 33.9. The molecule has 0 bridgehead atoms. The molecule has 2 unspecified atom stereocenters. The number of nitro groups is 1. The number of ether oxygens (including phenoxy) is 4. The molecule has 0 aliphatic heterocycles. The molecule has 2 N–H and O–H groups in total. The van der Waals surface area contributed by atoms with E-state index in [9.17, 15) is 24.8 Å². The predicted molar refractivity (Wildman–Crippen MR) is 99.8 cm³/mol. The average molecular weight is 417 g/mol. The molecule has 0 aromatic heterocycles. The number of hydrogen-bond donors (Lipinski definition) is 2. The molecule has 0 saturated carbocycles. The number of aliphatic hydroxyl groups is 2. The van der Waals surface area contributed by atoms with E-state index in [-0.39, 0.29) is 36.3 Å². The van der Waals surface area contributed by atoms with Gasteiger partial charge in [-0.3, -0.25) is 14.9 Å². The summed E-state index contributed by atoms with van der Waals surface area (Å²) in [7, 11) is 2.49. The highest BCUT2D eigenvalue weighted by Gasteiger charge is 2.23. The summed E-state index contributed by atoms with van der Waals surface area (Å²) < 4.78 is 19.3. The van der Waals surface area contributed by atoms with Crippen LogP contribution < -0.4 is 0 Å². The first kappa shape index (κ1) is 26.2. The van der Waals surface area contributed by atoms with Gasteiger partial charge in [0.1, 0.15) is 12.4 Å². The number of allylic oxidation sites excluding steroid dienone is 2. The molecule has 0 aliphatic rings.